The minimum absolute atomic E-state index is 0.0872. The maximum atomic E-state index is 10.8. The zero-order valence-corrected chi connectivity index (χ0v) is 10.2. The first-order chi connectivity index (χ1) is 9.16. The fraction of sp³-hybridized carbons (Fsp3) is 0.286. The van der Waals surface area contributed by atoms with Crippen LogP contribution in [0.4, 0.5) is 0 Å². The molecule has 0 saturated heterocycles. The van der Waals surface area contributed by atoms with E-state index in [0.29, 0.717) is 5.76 Å². The second-order valence-electron chi connectivity index (χ2n) is 4.87. The third-order valence-corrected chi connectivity index (χ3v) is 3.65. The Bertz CT molecular complexity index is 628. The molecule has 1 aromatic carbocycles. The van der Waals surface area contributed by atoms with Gasteiger partial charge in [0.2, 0.25) is 0 Å². The van der Waals surface area contributed by atoms with Crippen molar-refractivity contribution in [3.05, 3.63) is 41.6 Å². The van der Waals surface area contributed by atoms with Crippen LogP contribution in [0.15, 0.2) is 34.9 Å². The lowest BCUT2D eigenvalue weighted by Gasteiger charge is -2.15. The Morgan fingerprint density at radius 1 is 1.37 bits per heavy atom. The fourth-order valence-corrected chi connectivity index (χ4v) is 2.33. The molecule has 1 fully saturated rings. The lowest BCUT2D eigenvalue weighted by molar-refractivity contribution is 0.0686. The number of aliphatic hydroxyl groups excluding tert-OH is 1. The van der Waals surface area contributed by atoms with E-state index in [1.807, 2.05) is 24.3 Å². The van der Waals surface area contributed by atoms with Gasteiger partial charge in [-0.05, 0) is 18.4 Å². The van der Waals surface area contributed by atoms with Crippen LogP contribution in [0, 0.1) is 0 Å². The Labute approximate surface area is 109 Å². The molecular formula is C14H13NO4. The van der Waals surface area contributed by atoms with Crippen molar-refractivity contribution in [2.45, 2.75) is 18.3 Å². The summed E-state index contributed by atoms with van der Waals surface area (Å²) in [6, 6.07) is 8.98. The van der Waals surface area contributed by atoms with Crippen LogP contribution >= 0.6 is 0 Å². The van der Waals surface area contributed by atoms with Gasteiger partial charge in [-0.1, -0.05) is 29.4 Å². The first-order valence-corrected chi connectivity index (χ1v) is 6.07. The molecule has 1 saturated carbocycles. The number of carboxylic acids is 1. The maximum absolute atomic E-state index is 10.8. The van der Waals surface area contributed by atoms with E-state index in [-0.39, 0.29) is 17.7 Å². The van der Waals surface area contributed by atoms with Crippen LogP contribution in [0.2, 0.25) is 0 Å². The quantitative estimate of drug-likeness (QED) is 0.878. The Kier molecular flexibility index (Phi) is 2.64. The van der Waals surface area contributed by atoms with Crippen LogP contribution in [0.25, 0.3) is 11.3 Å². The van der Waals surface area contributed by atoms with E-state index in [1.54, 1.807) is 0 Å². The summed E-state index contributed by atoms with van der Waals surface area (Å²) in [6.07, 6.45) is 1.86. The Morgan fingerprint density at radius 3 is 2.68 bits per heavy atom. The molecule has 1 heterocycles. The molecule has 1 aliphatic carbocycles. The molecule has 19 heavy (non-hydrogen) atoms. The van der Waals surface area contributed by atoms with E-state index in [9.17, 15) is 9.90 Å². The highest BCUT2D eigenvalue weighted by Crippen LogP contribution is 2.50. The summed E-state index contributed by atoms with van der Waals surface area (Å²) in [5, 5.41) is 21.9. The highest BCUT2D eigenvalue weighted by Gasteiger charge is 2.45. The van der Waals surface area contributed by atoms with Crippen LogP contribution in [-0.4, -0.2) is 27.9 Å². The molecule has 0 unspecified atom stereocenters. The number of nitrogens with zero attached hydrogens (tertiary/aromatic N) is 1. The van der Waals surface area contributed by atoms with Crippen molar-refractivity contribution in [3.63, 3.8) is 0 Å². The maximum Gasteiger partial charge on any atom is 0.358 e. The number of hydrogen-bond donors (Lipinski definition) is 2. The number of carbonyl (C=O) groups is 1. The summed E-state index contributed by atoms with van der Waals surface area (Å²) >= 11 is 0. The number of benzene rings is 1. The van der Waals surface area contributed by atoms with Gasteiger partial charge in [-0.15, -0.1) is 0 Å². The Morgan fingerprint density at radius 2 is 2.11 bits per heavy atom. The summed E-state index contributed by atoms with van der Waals surface area (Å²) in [7, 11) is 0. The molecule has 2 aromatic rings. The van der Waals surface area contributed by atoms with E-state index < -0.39 is 5.97 Å². The summed E-state index contributed by atoms with van der Waals surface area (Å²) in [5.74, 6) is -0.691. The minimum Gasteiger partial charge on any atom is -0.476 e. The molecular weight excluding hydrogens is 246 g/mol. The molecule has 0 atom stereocenters. The first-order valence-electron chi connectivity index (χ1n) is 6.07. The number of aliphatic hydroxyl groups is 1. The third kappa shape index (κ3) is 1.92. The summed E-state index contributed by atoms with van der Waals surface area (Å²) in [5.41, 5.74) is 1.48. The van der Waals surface area contributed by atoms with E-state index >= 15 is 0 Å². The Balaban J connectivity index is 2.07. The van der Waals surface area contributed by atoms with Crippen LogP contribution in [0.1, 0.15) is 28.9 Å². The number of rotatable bonds is 4. The second kappa shape index (κ2) is 4.20. The topological polar surface area (TPSA) is 83.6 Å². The van der Waals surface area contributed by atoms with Crippen molar-refractivity contribution in [1.82, 2.24) is 5.16 Å². The van der Waals surface area contributed by atoms with Gasteiger partial charge in [-0.25, -0.2) is 4.79 Å². The molecule has 0 spiro atoms. The summed E-state index contributed by atoms with van der Waals surface area (Å²) in [6.45, 7) is 0.0872. The standard InChI is InChI=1S/C14H13NO4/c16-8-14(5-6-14)10-4-2-1-3-9(10)12-7-11(13(17)18)15-19-12/h1-4,7,16H,5-6,8H2,(H,17,18). The second-order valence-corrected chi connectivity index (χ2v) is 4.87. The van der Waals surface area contributed by atoms with Gasteiger partial charge in [0.15, 0.2) is 11.5 Å². The third-order valence-electron chi connectivity index (χ3n) is 3.65. The largest absolute Gasteiger partial charge is 0.476 e. The van der Waals surface area contributed by atoms with Crippen LogP contribution in [-0.2, 0) is 5.41 Å². The molecule has 0 radical (unpaired) electrons. The highest BCUT2D eigenvalue weighted by atomic mass is 16.5. The average Bonchev–Trinajstić information content (AvgIpc) is 3.07. The van der Waals surface area contributed by atoms with Gasteiger partial charge in [0.25, 0.3) is 0 Å². The van der Waals surface area contributed by atoms with Crippen molar-refractivity contribution in [2.75, 3.05) is 6.61 Å². The summed E-state index contributed by atoms with van der Waals surface area (Å²) < 4.78 is 5.11. The normalized spacial score (nSPS) is 16.3. The van der Waals surface area contributed by atoms with Crippen molar-refractivity contribution in [1.29, 1.82) is 0 Å². The van der Waals surface area contributed by atoms with Crippen molar-refractivity contribution >= 4 is 5.97 Å². The van der Waals surface area contributed by atoms with Crippen LogP contribution < -0.4 is 0 Å². The number of carboxylic acid groups (broad SMARTS) is 1. The molecule has 1 aliphatic rings. The molecule has 0 amide bonds. The molecule has 0 aliphatic heterocycles. The van der Waals surface area contributed by atoms with Crippen LogP contribution in [0.5, 0.6) is 0 Å². The molecule has 5 heteroatoms. The molecule has 98 valence electrons. The molecule has 0 bridgehead atoms. The van der Waals surface area contributed by atoms with Gasteiger partial charge in [-0.3, -0.25) is 0 Å². The highest BCUT2D eigenvalue weighted by molar-refractivity contribution is 5.86. The zero-order valence-electron chi connectivity index (χ0n) is 10.2. The molecule has 5 nitrogen and oxygen atoms in total. The van der Waals surface area contributed by atoms with E-state index in [4.69, 9.17) is 9.63 Å². The van der Waals surface area contributed by atoms with Crippen LogP contribution in [0.3, 0.4) is 0 Å². The predicted molar refractivity (Wildman–Crippen MR) is 66.9 cm³/mol. The minimum atomic E-state index is -1.12. The smallest absolute Gasteiger partial charge is 0.358 e. The number of aromatic carboxylic acids is 1. The lowest BCUT2D eigenvalue weighted by Crippen LogP contribution is -2.13. The van der Waals surface area contributed by atoms with E-state index in [2.05, 4.69) is 5.16 Å². The van der Waals surface area contributed by atoms with Gasteiger partial charge < -0.3 is 14.7 Å². The lowest BCUT2D eigenvalue weighted by atomic mass is 9.91. The first kappa shape index (κ1) is 11.9. The predicted octanol–water partition coefficient (Wildman–Crippen LogP) is 2.06. The van der Waals surface area contributed by atoms with Crippen molar-refractivity contribution in [3.8, 4) is 11.3 Å². The average molecular weight is 259 g/mol. The van der Waals surface area contributed by atoms with Gasteiger partial charge in [0.05, 0.1) is 6.61 Å². The van der Waals surface area contributed by atoms with Gasteiger partial charge >= 0.3 is 5.97 Å². The van der Waals surface area contributed by atoms with Gasteiger partial charge in [0, 0.05) is 17.0 Å². The van der Waals surface area contributed by atoms with Crippen molar-refractivity contribution in [2.24, 2.45) is 0 Å². The van der Waals surface area contributed by atoms with E-state index in [1.165, 1.54) is 6.07 Å². The molecule has 3 rings (SSSR count). The van der Waals surface area contributed by atoms with Gasteiger partial charge in [0.1, 0.15) is 0 Å². The molecule has 2 N–H and O–H groups in total. The molecule has 1 aromatic heterocycles. The SMILES string of the molecule is O=C(O)c1cc(-c2ccccc2C2(CO)CC2)on1. The Hall–Kier alpha value is -2.14. The fourth-order valence-electron chi connectivity index (χ4n) is 2.33. The van der Waals surface area contributed by atoms with Gasteiger partial charge in [-0.2, -0.15) is 0 Å². The monoisotopic (exact) mass is 259 g/mol. The number of hydrogen-bond acceptors (Lipinski definition) is 4. The zero-order chi connectivity index (χ0) is 13.5. The summed E-state index contributed by atoms with van der Waals surface area (Å²) in [4.78, 5) is 10.8. The van der Waals surface area contributed by atoms with E-state index in [0.717, 1.165) is 24.0 Å². The van der Waals surface area contributed by atoms with Crippen molar-refractivity contribution < 1.29 is 19.5 Å². The number of aromatic nitrogens is 1.